The van der Waals surface area contributed by atoms with E-state index < -0.39 is 10.0 Å². The summed E-state index contributed by atoms with van der Waals surface area (Å²) in [4.78, 5) is 0.0914. The second kappa shape index (κ2) is 2.94. The number of sulfonamides is 1. The van der Waals surface area contributed by atoms with E-state index in [4.69, 9.17) is 10.9 Å². The number of rotatable bonds is 1. The van der Waals surface area contributed by atoms with Crippen molar-refractivity contribution < 1.29 is 8.42 Å². The van der Waals surface area contributed by atoms with E-state index in [-0.39, 0.29) is 4.90 Å². The van der Waals surface area contributed by atoms with Crippen LogP contribution in [0.4, 0.5) is 5.69 Å². The zero-order valence-electron chi connectivity index (χ0n) is 7.10. The van der Waals surface area contributed by atoms with E-state index in [0.29, 0.717) is 11.1 Å². The SMILES string of the molecule is Nc1csc2cccc(S(N)(=O)=O)c12. The Morgan fingerprint density at radius 3 is 2.64 bits per heavy atom. The molecule has 0 radical (unpaired) electrons. The summed E-state index contributed by atoms with van der Waals surface area (Å²) in [7, 11) is -3.70. The van der Waals surface area contributed by atoms with Gasteiger partial charge < -0.3 is 5.73 Å². The molecule has 1 aromatic heterocycles. The van der Waals surface area contributed by atoms with Gasteiger partial charge in [0.05, 0.1) is 10.6 Å². The van der Waals surface area contributed by atoms with E-state index in [9.17, 15) is 8.42 Å². The molecule has 4 N–H and O–H groups in total. The van der Waals surface area contributed by atoms with Crippen molar-refractivity contribution in [2.24, 2.45) is 5.14 Å². The van der Waals surface area contributed by atoms with Gasteiger partial charge in [-0.05, 0) is 12.1 Å². The first-order chi connectivity index (χ1) is 6.50. The number of benzene rings is 1. The van der Waals surface area contributed by atoms with Crippen LogP contribution in [0.1, 0.15) is 0 Å². The van der Waals surface area contributed by atoms with Crippen molar-refractivity contribution in [3.63, 3.8) is 0 Å². The monoisotopic (exact) mass is 228 g/mol. The van der Waals surface area contributed by atoms with Gasteiger partial charge in [0.1, 0.15) is 0 Å². The van der Waals surface area contributed by atoms with Crippen molar-refractivity contribution in [3.8, 4) is 0 Å². The van der Waals surface area contributed by atoms with Crippen LogP contribution < -0.4 is 10.9 Å². The van der Waals surface area contributed by atoms with Gasteiger partial charge in [-0.3, -0.25) is 0 Å². The van der Waals surface area contributed by atoms with E-state index >= 15 is 0 Å². The summed E-state index contributed by atoms with van der Waals surface area (Å²) in [5, 5.41) is 7.31. The van der Waals surface area contributed by atoms with Gasteiger partial charge in [0.25, 0.3) is 0 Å². The van der Waals surface area contributed by atoms with Crippen LogP contribution in [0.5, 0.6) is 0 Å². The first-order valence-electron chi connectivity index (χ1n) is 3.78. The molecule has 74 valence electrons. The summed E-state index contributed by atoms with van der Waals surface area (Å²) < 4.78 is 23.3. The molecule has 0 fully saturated rings. The molecule has 2 rings (SSSR count). The Morgan fingerprint density at radius 2 is 2.00 bits per heavy atom. The largest absolute Gasteiger partial charge is 0.398 e. The van der Waals surface area contributed by atoms with Gasteiger partial charge >= 0.3 is 0 Å². The van der Waals surface area contributed by atoms with Crippen LogP contribution in [0.2, 0.25) is 0 Å². The van der Waals surface area contributed by atoms with E-state index in [1.54, 1.807) is 11.4 Å². The lowest BCUT2D eigenvalue weighted by Gasteiger charge is -2.00. The zero-order chi connectivity index (χ0) is 10.3. The molecule has 14 heavy (non-hydrogen) atoms. The summed E-state index contributed by atoms with van der Waals surface area (Å²) in [5.74, 6) is 0. The standard InChI is InChI=1S/C8H8N2O2S2/c9-5-4-13-6-2-1-3-7(8(5)6)14(10,11)12/h1-4H,9H2,(H2,10,11,12). The molecule has 1 aromatic carbocycles. The highest BCUT2D eigenvalue weighted by Gasteiger charge is 2.14. The van der Waals surface area contributed by atoms with Gasteiger partial charge in [0.2, 0.25) is 10.0 Å². The molecule has 0 amide bonds. The first kappa shape index (κ1) is 9.45. The molecule has 1 heterocycles. The summed E-state index contributed by atoms with van der Waals surface area (Å²) in [6, 6.07) is 4.92. The van der Waals surface area contributed by atoms with E-state index in [0.717, 1.165) is 4.70 Å². The average Bonchev–Trinajstić information content (AvgIpc) is 2.46. The summed E-state index contributed by atoms with van der Waals surface area (Å²) in [5.41, 5.74) is 6.12. The van der Waals surface area contributed by atoms with E-state index in [1.807, 2.05) is 6.07 Å². The maximum absolute atomic E-state index is 11.2. The number of thiophene rings is 1. The van der Waals surface area contributed by atoms with Gasteiger partial charge in [-0.15, -0.1) is 11.3 Å². The Bertz CT molecular complexity index is 586. The molecule has 6 heteroatoms. The maximum atomic E-state index is 11.2. The Balaban J connectivity index is 2.96. The molecule has 0 saturated carbocycles. The third-order valence-electron chi connectivity index (χ3n) is 1.90. The van der Waals surface area contributed by atoms with Gasteiger partial charge in [0.15, 0.2) is 0 Å². The van der Waals surface area contributed by atoms with Crippen molar-refractivity contribution >= 4 is 37.1 Å². The highest BCUT2D eigenvalue weighted by Crippen LogP contribution is 2.32. The van der Waals surface area contributed by atoms with Crippen molar-refractivity contribution in [3.05, 3.63) is 23.6 Å². The molecule has 0 spiro atoms. The first-order valence-corrected chi connectivity index (χ1v) is 6.21. The van der Waals surface area contributed by atoms with Gasteiger partial charge in [0, 0.05) is 15.5 Å². The zero-order valence-corrected chi connectivity index (χ0v) is 8.73. The fraction of sp³-hybridized carbons (Fsp3) is 0. The van der Waals surface area contributed by atoms with E-state index in [1.165, 1.54) is 17.4 Å². The minimum atomic E-state index is -3.70. The van der Waals surface area contributed by atoms with Crippen molar-refractivity contribution in [1.29, 1.82) is 0 Å². The molecule has 2 aromatic rings. The molecular formula is C8H8N2O2S2. The second-order valence-corrected chi connectivity index (χ2v) is 5.31. The Hall–Kier alpha value is -1.11. The number of nitrogens with two attached hydrogens (primary N) is 2. The predicted octanol–water partition coefficient (Wildman–Crippen LogP) is 1.13. The summed E-state index contributed by atoms with van der Waals surface area (Å²) in [6.07, 6.45) is 0. The molecule has 0 atom stereocenters. The Morgan fingerprint density at radius 1 is 1.29 bits per heavy atom. The van der Waals surface area contributed by atoms with Crippen LogP contribution in [0.3, 0.4) is 0 Å². The van der Waals surface area contributed by atoms with Crippen molar-refractivity contribution in [1.82, 2.24) is 0 Å². The van der Waals surface area contributed by atoms with Crippen LogP contribution >= 0.6 is 11.3 Å². The molecule has 0 saturated heterocycles. The Kier molecular flexibility index (Phi) is 1.99. The van der Waals surface area contributed by atoms with Gasteiger partial charge in [-0.1, -0.05) is 6.07 Å². The van der Waals surface area contributed by atoms with Crippen LogP contribution in [-0.2, 0) is 10.0 Å². The highest BCUT2D eigenvalue weighted by atomic mass is 32.2. The number of fused-ring (bicyclic) bond motifs is 1. The second-order valence-electron chi connectivity index (χ2n) is 2.87. The Labute approximate surface area is 85.2 Å². The predicted molar refractivity (Wildman–Crippen MR) is 57.6 cm³/mol. The summed E-state index contributed by atoms with van der Waals surface area (Å²) >= 11 is 1.40. The molecular weight excluding hydrogens is 220 g/mol. The molecule has 0 aliphatic carbocycles. The minimum Gasteiger partial charge on any atom is -0.398 e. The quantitative estimate of drug-likeness (QED) is 0.767. The van der Waals surface area contributed by atoms with Crippen molar-refractivity contribution in [2.75, 3.05) is 5.73 Å². The van der Waals surface area contributed by atoms with Crippen LogP contribution in [-0.4, -0.2) is 8.42 Å². The summed E-state index contributed by atoms with van der Waals surface area (Å²) in [6.45, 7) is 0. The topological polar surface area (TPSA) is 86.2 Å². The fourth-order valence-electron chi connectivity index (χ4n) is 1.32. The number of hydrogen-bond donors (Lipinski definition) is 2. The lowest BCUT2D eigenvalue weighted by molar-refractivity contribution is 0.598. The van der Waals surface area contributed by atoms with Crippen molar-refractivity contribution in [2.45, 2.75) is 4.90 Å². The minimum absolute atomic E-state index is 0.0914. The van der Waals surface area contributed by atoms with Crippen LogP contribution in [0.25, 0.3) is 10.1 Å². The lowest BCUT2D eigenvalue weighted by atomic mass is 10.2. The van der Waals surface area contributed by atoms with E-state index in [2.05, 4.69) is 0 Å². The average molecular weight is 228 g/mol. The molecule has 0 aliphatic rings. The number of hydrogen-bond acceptors (Lipinski definition) is 4. The highest BCUT2D eigenvalue weighted by molar-refractivity contribution is 7.89. The number of anilines is 1. The third-order valence-corrected chi connectivity index (χ3v) is 3.82. The van der Waals surface area contributed by atoms with Gasteiger partial charge in [-0.25, -0.2) is 13.6 Å². The lowest BCUT2D eigenvalue weighted by Crippen LogP contribution is -2.12. The van der Waals surface area contributed by atoms with Gasteiger partial charge in [-0.2, -0.15) is 0 Å². The normalized spacial score (nSPS) is 12.1. The third kappa shape index (κ3) is 1.37. The maximum Gasteiger partial charge on any atom is 0.238 e. The number of nitrogen functional groups attached to an aromatic ring is 1. The molecule has 0 unspecified atom stereocenters. The fourth-order valence-corrected chi connectivity index (χ4v) is 3.04. The number of primary sulfonamides is 1. The molecule has 0 bridgehead atoms. The van der Waals surface area contributed by atoms with Crippen LogP contribution in [0.15, 0.2) is 28.5 Å². The molecule has 4 nitrogen and oxygen atoms in total. The smallest absolute Gasteiger partial charge is 0.238 e. The molecule has 0 aliphatic heterocycles. The van der Waals surface area contributed by atoms with Crippen LogP contribution in [0, 0.1) is 0 Å².